The van der Waals surface area contributed by atoms with Crippen LogP contribution in [0.15, 0.2) is 43.0 Å². The van der Waals surface area contributed by atoms with E-state index in [4.69, 9.17) is 0 Å². The topological polar surface area (TPSA) is 71.3 Å². The Bertz CT molecular complexity index is 740. The molecule has 2 fully saturated rings. The van der Waals surface area contributed by atoms with E-state index in [1.807, 2.05) is 21.8 Å². The van der Waals surface area contributed by atoms with Gasteiger partial charge in [-0.25, -0.2) is 0 Å². The summed E-state index contributed by atoms with van der Waals surface area (Å²) in [7, 11) is 0. The molecule has 0 spiro atoms. The molecule has 7 heteroatoms. The number of nitrogens with zero attached hydrogens (tertiary/aromatic N) is 5. The Labute approximate surface area is 146 Å². The number of rotatable bonds is 3. The summed E-state index contributed by atoms with van der Waals surface area (Å²) in [5.41, 5.74) is 0.630. The van der Waals surface area contributed by atoms with Crippen LogP contribution in [0.1, 0.15) is 29.2 Å². The fourth-order valence-corrected chi connectivity index (χ4v) is 3.60. The molecule has 2 aliphatic rings. The second-order valence-electron chi connectivity index (χ2n) is 6.71. The lowest BCUT2D eigenvalue weighted by molar-refractivity contribution is -0.143. The second kappa shape index (κ2) is 6.66. The van der Waals surface area contributed by atoms with Gasteiger partial charge in [0, 0.05) is 56.5 Å². The van der Waals surface area contributed by atoms with Gasteiger partial charge in [-0.3, -0.25) is 19.3 Å². The van der Waals surface area contributed by atoms with Gasteiger partial charge in [0.25, 0.3) is 5.91 Å². The Morgan fingerprint density at radius 2 is 1.84 bits per heavy atom. The highest BCUT2D eigenvalue weighted by Crippen LogP contribution is 2.26. The van der Waals surface area contributed by atoms with Crippen LogP contribution in [0.2, 0.25) is 0 Å². The van der Waals surface area contributed by atoms with E-state index < -0.39 is 0 Å². The van der Waals surface area contributed by atoms with Gasteiger partial charge in [-0.1, -0.05) is 0 Å². The van der Waals surface area contributed by atoms with Gasteiger partial charge in [-0.2, -0.15) is 5.10 Å². The molecular formula is C18H21N5O2. The molecule has 2 aliphatic heterocycles. The largest absolute Gasteiger partial charge is 0.338 e. The van der Waals surface area contributed by atoms with E-state index in [9.17, 15) is 9.59 Å². The summed E-state index contributed by atoms with van der Waals surface area (Å²) in [6.07, 6.45) is 8.65. The number of amides is 2. The maximum Gasteiger partial charge on any atom is 0.253 e. The summed E-state index contributed by atoms with van der Waals surface area (Å²) in [6.45, 7) is 2.62. The van der Waals surface area contributed by atoms with E-state index in [2.05, 4.69) is 10.1 Å². The molecule has 0 N–H and O–H groups in total. The average Bonchev–Trinajstić information content (AvgIpc) is 3.15. The fourth-order valence-electron chi connectivity index (χ4n) is 3.60. The summed E-state index contributed by atoms with van der Waals surface area (Å²) in [4.78, 5) is 33.0. The van der Waals surface area contributed by atoms with Crippen LogP contribution < -0.4 is 0 Å². The van der Waals surface area contributed by atoms with E-state index in [1.54, 1.807) is 35.6 Å². The van der Waals surface area contributed by atoms with Crippen LogP contribution in [0.5, 0.6) is 0 Å². The molecule has 0 aromatic carbocycles. The van der Waals surface area contributed by atoms with Gasteiger partial charge in [-0.15, -0.1) is 0 Å². The van der Waals surface area contributed by atoms with Crippen molar-refractivity contribution in [2.75, 3.05) is 26.2 Å². The zero-order chi connectivity index (χ0) is 17.2. The first-order chi connectivity index (χ1) is 12.2. The summed E-state index contributed by atoms with van der Waals surface area (Å²) in [6, 6.07) is 5.61. The van der Waals surface area contributed by atoms with Crippen LogP contribution in [0.4, 0.5) is 0 Å². The van der Waals surface area contributed by atoms with Gasteiger partial charge in [0.05, 0.1) is 12.0 Å². The Morgan fingerprint density at radius 1 is 1.04 bits per heavy atom. The summed E-state index contributed by atoms with van der Waals surface area (Å²) < 4.78 is 1.91. The number of piperidine rings is 1. The molecule has 2 amide bonds. The molecule has 130 valence electrons. The number of pyridine rings is 1. The molecule has 1 atom stereocenters. The lowest BCUT2D eigenvalue weighted by Crippen LogP contribution is -2.55. The quantitative estimate of drug-likeness (QED) is 0.843. The van der Waals surface area contributed by atoms with E-state index in [0.29, 0.717) is 31.7 Å². The molecule has 4 heterocycles. The zero-order valence-electron chi connectivity index (χ0n) is 14.0. The van der Waals surface area contributed by atoms with E-state index in [1.165, 1.54) is 0 Å². The molecule has 1 unspecified atom stereocenters. The van der Waals surface area contributed by atoms with Crippen molar-refractivity contribution >= 4 is 11.8 Å². The molecule has 25 heavy (non-hydrogen) atoms. The van der Waals surface area contributed by atoms with Crippen molar-refractivity contribution in [1.82, 2.24) is 24.6 Å². The predicted molar refractivity (Wildman–Crippen MR) is 90.7 cm³/mol. The fraction of sp³-hybridized carbons (Fsp3) is 0.444. The van der Waals surface area contributed by atoms with E-state index in [0.717, 1.165) is 12.8 Å². The standard InChI is InChI=1S/C18H21N5O2/c24-17(14-4-7-19-8-5-14)21-9-1-3-15(11-21)18(25)22-12-16(13-22)23-10-2-6-20-23/h2,4-8,10,15-16H,1,3,9,11-13H2. The molecule has 4 rings (SSSR count). The SMILES string of the molecule is O=C(c1ccncc1)N1CCCC(C(=O)N2CC(n3cccn3)C2)C1. The molecule has 0 aliphatic carbocycles. The molecule has 7 nitrogen and oxygen atoms in total. The molecule has 2 aromatic rings. The highest BCUT2D eigenvalue weighted by molar-refractivity contribution is 5.94. The highest BCUT2D eigenvalue weighted by atomic mass is 16.2. The summed E-state index contributed by atoms with van der Waals surface area (Å²) in [5, 5.41) is 4.23. The van der Waals surface area contributed by atoms with Crippen molar-refractivity contribution in [2.24, 2.45) is 5.92 Å². The van der Waals surface area contributed by atoms with Crippen molar-refractivity contribution in [3.63, 3.8) is 0 Å². The minimum atomic E-state index is -0.0990. The van der Waals surface area contributed by atoms with E-state index >= 15 is 0 Å². The first-order valence-corrected chi connectivity index (χ1v) is 8.69. The third-order valence-corrected chi connectivity index (χ3v) is 5.06. The Hall–Kier alpha value is -2.70. The third-order valence-electron chi connectivity index (χ3n) is 5.06. The summed E-state index contributed by atoms with van der Waals surface area (Å²) in [5.74, 6) is 0.0478. The van der Waals surface area contributed by atoms with Gasteiger partial charge in [0.1, 0.15) is 0 Å². The molecule has 0 saturated carbocycles. The Balaban J connectivity index is 1.35. The van der Waals surface area contributed by atoms with Crippen LogP contribution in [0, 0.1) is 5.92 Å². The van der Waals surface area contributed by atoms with Gasteiger partial charge in [0.2, 0.25) is 5.91 Å². The van der Waals surface area contributed by atoms with Crippen molar-refractivity contribution in [1.29, 1.82) is 0 Å². The number of hydrogen-bond acceptors (Lipinski definition) is 4. The number of aromatic nitrogens is 3. The number of carbonyl (C=O) groups excluding carboxylic acids is 2. The Morgan fingerprint density at radius 3 is 2.56 bits per heavy atom. The maximum atomic E-state index is 12.7. The van der Waals surface area contributed by atoms with Crippen molar-refractivity contribution in [3.8, 4) is 0 Å². The first-order valence-electron chi connectivity index (χ1n) is 8.69. The van der Waals surface area contributed by atoms with Crippen molar-refractivity contribution in [2.45, 2.75) is 18.9 Å². The minimum Gasteiger partial charge on any atom is -0.338 e. The van der Waals surface area contributed by atoms with Crippen LogP contribution in [-0.4, -0.2) is 62.6 Å². The molecule has 2 aromatic heterocycles. The lowest BCUT2D eigenvalue weighted by atomic mass is 9.94. The first kappa shape index (κ1) is 15.8. The molecular weight excluding hydrogens is 318 g/mol. The predicted octanol–water partition coefficient (Wildman–Crippen LogP) is 1.21. The maximum absolute atomic E-state index is 12.7. The molecule has 0 bridgehead atoms. The normalized spacial score (nSPS) is 21.0. The Kier molecular flexibility index (Phi) is 4.21. The monoisotopic (exact) mass is 339 g/mol. The van der Waals surface area contributed by atoms with Crippen molar-refractivity contribution < 1.29 is 9.59 Å². The highest BCUT2D eigenvalue weighted by Gasteiger charge is 2.37. The average molecular weight is 339 g/mol. The second-order valence-corrected chi connectivity index (χ2v) is 6.71. The van der Waals surface area contributed by atoms with Gasteiger partial charge < -0.3 is 9.80 Å². The van der Waals surface area contributed by atoms with Crippen LogP contribution in [-0.2, 0) is 4.79 Å². The molecule has 2 saturated heterocycles. The smallest absolute Gasteiger partial charge is 0.253 e. The van der Waals surface area contributed by atoms with Gasteiger partial charge in [0.15, 0.2) is 0 Å². The van der Waals surface area contributed by atoms with Crippen LogP contribution in [0.25, 0.3) is 0 Å². The van der Waals surface area contributed by atoms with Crippen LogP contribution in [0.3, 0.4) is 0 Å². The lowest BCUT2D eigenvalue weighted by Gasteiger charge is -2.42. The number of likely N-dealkylation sites (tertiary alicyclic amines) is 2. The molecule has 0 radical (unpaired) electrons. The number of carbonyl (C=O) groups is 2. The van der Waals surface area contributed by atoms with Crippen molar-refractivity contribution in [3.05, 3.63) is 48.5 Å². The minimum absolute atomic E-state index is 0.0158. The zero-order valence-corrected chi connectivity index (χ0v) is 14.0. The summed E-state index contributed by atoms with van der Waals surface area (Å²) >= 11 is 0. The van der Waals surface area contributed by atoms with Crippen LogP contribution >= 0.6 is 0 Å². The van der Waals surface area contributed by atoms with Gasteiger partial charge in [-0.05, 0) is 31.0 Å². The van der Waals surface area contributed by atoms with E-state index in [-0.39, 0.29) is 23.8 Å². The van der Waals surface area contributed by atoms with Gasteiger partial charge >= 0.3 is 0 Å². The number of hydrogen-bond donors (Lipinski definition) is 0. The third kappa shape index (κ3) is 3.14.